The maximum Gasteiger partial charge on any atom is 0.245 e. The van der Waals surface area contributed by atoms with Crippen LogP contribution in [0.2, 0.25) is 5.02 Å². The van der Waals surface area contributed by atoms with Gasteiger partial charge in [0.25, 0.3) is 0 Å². The van der Waals surface area contributed by atoms with Crippen molar-refractivity contribution in [3.05, 3.63) is 94.3 Å². The highest BCUT2D eigenvalue weighted by atomic mass is 35.5. The van der Waals surface area contributed by atoms with Gasteiger partial charge in [-0.25, -0.2) is 8.42 Å². The fourth-order valence-electron chi connectivity index (χ4n) is 6.54. The van der Waals surface area contributed by atoms with Crippen LogP contribution in [-0.4, -0.2) is 68.1 Å². The molecule has 1 fully saturated rings. The third-order valence-electron chi connectivity index (χ3n) is 8.87. The molecule has 1 aromatic heterocycles. The van der Waals surface area contributed by atoms with Gasteiger partial charge in [0, 0.05) is 55.4 Å². The van der Waals surface area contributed by atoms with Crippen molar-refractivity contribution in [3.63, 3.8) is 0 Å². The second kappa shape index (κ2) is 11.3. The lowest BCUT2D eigenvalue weighted by molar-refractivity contribution is -0.138. The number of hydrogen-bond acceptors (Lipinski definition) is 6. The average molecular weight is 608 g/mol. The van der Waals surface area contributed by atoms with Crippen molar-refractivity contribution in [1.29, 1.82) is 0 Å². The van der Waals surface area contributed by atoms with E-state index in [1.807, 2.05) is 53.6 Å². The molecular formula is C31H34ClN5O4S. The highest BCUT2D eigenvalue weighted by Gasteiger charge is 2.48. The van der Waals surface area contributed by atoms with E-state index in [-0.39, 0.29) is 17.2 Å². The second-order valence-electron chi connectivity index (χ2n) is 11.6. The van der Waals surface area contributed by atoms with Crippen LogP contribution >= 0.6 is 11.6 Å². The molecule has 0 aliphatic carbocycles. The zero-order chi connectivity index (χ0) is 29.5. The van der Waals surface area contributed by atoms with Crippen LogP contribution in [0.15, 0.2) is 67.0 Å². The molecule has 6 rings (SSSR count). The van der Waals surface area contributed by atoms with Crippen molar-refractivity contribution in [3.8, 4) is 0 Å². The number of hydrogen-bond donors (Lipinski definition) is 2. The first-order valence-electron chi connectivity index (χ1n) is 14.2. The number of carbonyl (C=O) groups is 2. The number of fused-ring (bicyclic) bond motifs is 3. The molecule has 2 N–H and O–H groups in total. The fraction of sp³-hybridized carbons (Fsp3) is 0.387. The summed E-state index contributed by atoms with van der Waals surface area (Å²) in [5.41, 5.74) is 4.44. The smallest absolute Gasteiger partial charge is 0.245 e. The van der Waals surface area contributed by atoms with Gasteiger partial charge >= 0.3 is 0 Å². The van der Waals surface area contributed by atoms with E-state index >= 15 is 0 Å². The molecule has 0 unspecified atom stereocenters. The number of para-hydroxylation sites is 1. The van der Waals surface area contributed by atoms with Crippen LogP contribution in [0.1, 0.15) is 35.1 Å². The maximum absolute atomic E-state index is 14.0. The molecule has 2 amide bonds. The summed E-state index contributed by atoms with van der Waals surface area (Å²) in [7, 11) is -3.43. The summed E-state index contributed by atoms with van der Waals surface area (Å²) in [5, 5.41) is 6.94. The van der Waals surface area contributed by atoms with Crippen LogP contribution in [0, 0.1) is 0 Å². The van der Waals surface area contributed by atoms with Gasteiger partial charge in [0.2, 0.25) is 21.8 Å². The Morgan fingerprint density at radius 3 is 2.57 bits per heavy atom. The lowest BCUT2D eigenvalue weighted by Gasteiger charge is -2.41. The Morgan fingerprint density at radius 1 is 1.10 bits per heavy atom. The lowest BCUT2D eigenvalue weighted by atomic mass is 9.74. The number of likely N-dealkylation sites (tertiary alicyclic amines) is 1. The number of pyridine rings is 1. The van der Waals surface area contributed by atoms with Crippen LogP contribution in [-0.2, 0) is 44.4 Å². The fourth-order valence-corrected chi connectivity index (χ4v) is 7.66. The molecule has 1 saturated heterocycles. The van der Waals surface area contributed by atoms with Crippen LogP contribution in [0.4, 0.5) is 5.69 Å². The summed E-state index contributed by atoms with van der Waals surface area (Å²) < 4.78 is 26.7. The molecule has 4 heterocycles. The van der Waals surface area contributed by atoms with E-state index in [1.165, 1.54) is 10.6 Å². The first kappa shape index (κ1) is 28.6. The van der Waals surface area contributed by atoms with Gasteiger partial charge in [-0.05, 0) is 65.8 Å². The van der Waals surface area contributed by atoms with E-state index in [4.69, 9.17) is 11.6 Å². The standard InChI is InChI=1S/C31H34ClN5O4S/c1-42(40,41)37-20-31(25-4-2-3-5-28(25)37)11-14-36(15-12-31)30(39)27(16-21-6-8-24(32)9-7-21)35-29(38)26-17-22-10-13-33-18-23(22)19-34-26/h2-10,13,18,26-27,34H,11-12,14-17,19-20H2,1H3,(H,35,38)/t26-,27-/m0/s1. The van der Waals surface area contributed by atoms with Crippen LogP contribution in [0.5, 0.6) is 0 Å². The molecule has 11 heteroatoms. The highest BCUT2D eigenvalue weighted by molar-refractivity contribution is 7.92. The second-order valence-corrected chi connectivity index (χ2v) is 13.9. The van der Waals surface area contributed by atoms with Crippen LogP contribution in [0.25, 0.3) is 0 Å². The number of sulfonamides is 1. The molecular weight excluding hydrogens is 574 g/mol. The van der Waals surface area contributed by atoms with Gasteiger partial charge in [-0.2, -0.15) is 0 Å². The van der Waals surface area contributed by atoms with Crippen molar-refractivity contribution in [1.82, 2.24) is 20.5 Å². The van der Waals surface area contributed by atoms with Gasteiger partial charge < -0.3 is 15.5 Å². The van der Waals surface area contributed by atoms with Gasteiger partial charge in [0.05, 0.1) is 18.0 Å². The quantitative estimate of drug-likeness (QED) is 0.446. The molecule has 3 aliphatic rings. The van der Waals surface area contributed by atoms with Crippen LogP contribution in [0.3, 0.4) is 0 Å². The third-order valence-corrected chi connectivity index (χ3v) is 10.3. The number of rotatable bonds is 6. The summed E-state index contributed by atoms with van der Waals surface area (Å²) in [6.45, 7) is 1.86. The molecule has 2 aromatic carbocycles. The van der Waals surface area contributed by atoms with E-state index in [0.717, 1.165) is 27.9 Å². The number of anilines is 1. The Labute approximate surface area is 251 Å². The number of halogens is 1. The van der Waals surface area contributed by atoms with Gasteiger partial charge in [-0.3, -0.25) is 18.9 Å². The number of nitrogens with zero attached hydrogens (tertiary/aromatic N) is 3. The SMILES string of the molecule is CS(=O)(=O)N1CC2(CCN(C(=O)[C@H](Cc3ccc(Cl)cc3)NC(=O)[C@@H]3Cc4ccncc4CN3)CC2)c2ccccc21. The number of benzene rings is 2. The lowest BCUT2D eigenvalue weighted by Crippen LogP contribution is -2.57. The first-order valence-corrected chi connectivity index (χ1v) is 16.4. The van der Waals surface area contributed by atoms with Gasteiger partial charge in [-0.15, -0.1) is 0 Å². The highest BCUT2D eigenvalue weighted by Crippen LogP contribution is 2.47. The average Bonchev–Trinajstić information content (AvgIpc) is 3.32. The molecule has 9 nitrogen and oxygen atoms in total. The first-order chi connectivity index (χ1) is 20.1. The van der Waals surface area contributed by atoms with E-state index in [2.05, 4.69) is 15.6 Å². The van der Waals surface area contributed by atoms with Crippen molar-refractivity contribution < 1.29 is 18.0 Å². The maximum atomic E-state index is 14.0. The number of aromatic nitrogens is 1. The van der Waals surface area contributed by atoms with E-state index in [9.17, 15) is 18.0 Å². The largest absolute Gasteiger partial charge is 0.343 e. The Hall–Kier alpha value is -3.47. The predicted octanol–water partition coefficient (Wildman–Crippen LogP) is 2.82. The summed E-state index contributed by atoms with van der Waals surface area (Å²) in [6, 6.07) is 15.7. The number of amides is 2. The minimum atomic E-state index is -3.43. The summed E-state index contributed by atoms with van der Waals surface area (Å²) >= 11 is 6.09. The Morgan fingerprint density at radius 2 is 1.83 bits per heavy atom. The molecule has 2 atom stereocenters. The molecule has 3 aliphatic heterocycles. The molecule has 1 spiro atoms. The normalized spacial score (nSPS) is 20.1. The van der Waals surface area contributed by atoms with Gasteiger partial charge in [0.1, 0.15) is 6.04 Å². The Balaban J connectivity index is 1.19. The van der Waals surface area contributed by atoms with Gasteiger partial charge in [0.15, 0.2) is 0 Å². The number of piperidine rings is 1. The zero-order valence-corrected chi connectivity index (χ0v) is 25.0. The molecule has 220 valence electrons. The predicted molar refractivity (Wildman–Crippen MR) is 162 cm³/mol. The minimum absolute atomic E-state index is 0.139. The monoisotopic (exact) mass is 607 g/mol. The van der Waals surface area contributed by atoms with Crippen molar-refractivity contribution in [2.45, 2.75) is 49.7 Å². The van der Waals surface area contributed by atoms with E-state index in [0.29, 0.717) is 56.9 Å². The molecule has 42 heavy (non-hydrogen) atoms. The summed E-state index contributed by atoms with van der Waals surface area (Å²) in [6.07, 6.45) is 6.91. The number of nitrogens with one attached hydrogen (secondary N) is 2. The zero-order valence-electron chi connectivity index (χ0n) is 23.4. The summed E-state index contributed by atoms with van der Waals surface area (Å²) in [4.78, 5) is 33.5. The van der Waals surface area contributed by atoms with E-state index in [1.54, 1.807) is 18.3 Å². The Kier molecular flexibility index (Phi) is 7.72. The topological polar surface area (TPSA) is 112 Å². The number of carbonyl (C=O) groups excluding carboxylic acids is 2. The van der Waals surface area contributed by atoms with Crippen molar-refractivity contribution >= 4 is 39.1 Å². The van der Waals surface area contributed by atoms with Crippen molar-refractivity contribution in [2.75, 3.05) is 30.2 Å². The molecule has 0 saturated carbocycles. The summed E-state index contributed by atoms with van der Waals surface area (Å²) in [5.74, 6) is -0.355. The molecule has 0 bridgehead atoms. The van der Waals surface area contributed by atoms with Crippen molar-refractivity contribution in [2.24, 2.45) is 0 Å². The van der Waals surface area contributed by atoms with Crippen LogP contribution < -0.4 is 14.9 Å². The van der Waals surface area contributed by atoms with E-state index < -0.39 is 22.1 Å². The molecule has 3 aromatic rings. The minimum Gasteiger partial charge on any atom is -0.343 e. The molecule has 0 radical (unpaired) electrons. The Bertz CT molecular complexity index is 1610. The van der Waals surface area contributed by atoms with Gasteiger partial charge in [-0.1, -0.05) is 41.9 Å². The third kappa shape index (κ3) is 5.63.